The van der Waals surface area contributed by atoms with Crippen LogP contribution < -0.4 is 10.1 Å². The number of aliphatic hydroxyl groups excluding tert-OH is 2. The molecule has 184 valence electrons. The Labute approximate surface area is 203 Å². The van der Waals surface area contributed by atoms with E-state index in [2.05, 4.69) is 11.9 Å². The molecule has 2 amide bonds. The average Bonchev–Trinajstić information content (AvgIpc) is 3.26. The fraction of sp³-hybridized carbons (Fsp3) is 0.333. The molecule has 4 atom stereocenters. The second-order valence-electron chi connectivity index (χ2n) is 8.62. The van der Waals surface area contributed by atoms with Crippen LogP contribution in [0.25, 0.3) is 0 Å². The molecule has 2 aromatic rings. The predicted octanol–water partition coefficient (Wildman–Crippen LogP) is 2.44. The Kier molecular flexibility index (Phi) is 7.63. The standard InChI is InChI=1S/C27H29FN2O5/c1-2-3-12-23(32)30(16-17-8-4-6-10-20(17)28)21-15-19(27(34)29-13-14-31)24-18-9-5-7-11-22(18)35-26(24)25(21)33/h2,4-11,15,21,24-26,31,33H,1,3,12-14,16H2,(H,29,34). The van der Waals surface area contributed by atoms with E-state index < -0.39 is 35.9 Å². The van der Waals surface area contributed by atoms with Crippen molar-refractivity contribution in [2.45, 2.75) is 43.6 Å². The number of rotatable bonds is 9. The maximum absolute atomic E-state index is 14.5. The lowest BCUT2D eigenvalue weighted by Crippen LogP contribution is -2.55. The molecule has 8 heteroatoms. The van der Waals surface area contributed by atoms with E-state index in [1.165, 1.54) is 11.0 Å². The van der Waals surface area contributed by atoms with Crippen LogP contribution in [0.4, 0.5) is 4.39 Å². The van der Waals surface area contributed by atoms with E-state index in [4.69, 9.17) is 4.74 Å². The molecule has 1 aliphatic heterocycles. The smallest absolute Gasteiger partial charge is 0.247 e. The number of ether oxygens (including phenoxy) is 1. The summed E-state index contributed by atoms with van der Waals surface area (Å²) in [5.41, 5.74) is 1.39. The first-order chi connectivity index (χ1) is 17.0. The lowest BCUT2D eigenvalue weighted by molar-refractivity contribution is -0.138. The van der Waals surface area contributed by atoms with Gasteiger partial charge in [-0.05, 0) is 24.6 Å². The number of carbonyl (C=O) groups is 2. The number of allylic oxidation sites excluding steroid dienone is 1. The molecule has 35 heavy (non-hydrogen) atoms. The zero-order chi connectivity index (χ0) is 24.9. The number of nitrogens with one attached hydrogen (secondary N) is 1. The summed E-state index contributed by atoms with van der Waals surface area (Å²) >= 11 is 0. The highest BCUT2D eigenvalue weighted by Gasteiger charge is 2.50. The van der Waals surface area contributed by atoms with Crippen LogP contribution in [0, 0.1) is 5.82 Å². The Balaban J connectivity index is 1.76. The molecule has 0 radical (unpaired) electrons. The van der Waals surface area contributed by atoms with Gasteiger partial charge in [0.05, 0.1) is 18.6 Å². The molecule has 0 bridgehead atoms. The molecule has 0 fully saturated rings. The summed E-state index contributed by atoms with van der Waals surface area (Å²) in [6, 6.07) is 12.5. The second kappa shape index (κ2) is 10.8. The summed E-state index contributed by atoms with van der Waals surface area (Å²) in [6.07, 6.45) is 1.75. The van der Waals surface area contributed by atoms with Gasteiger partial charge in [-0.3, -0.25) is 9.59 Å². The number of halogens is 1. The Morgan fingerprint density at radius 3 is 2.66 bits per heavy atom. The molecule has 1 heterocycles. The van der Waals surface area contributed by atoms with E-state index in [1.54, 1.807) is 42.5 Å². The number of benzene rings is 2. The number of para-hydroxylation sites is 1. The Morgan fingerprint density at radius 1 is 1.17 bits per heavy atom. The summed E-state index contributed by atoms with van der Waals surface area (Å²) in [5.74, 6) is -1.18. The number of aliphatic hydroxyl groups is 2. The molecular weight excluding hydrogens is 451 g/mol. The molecule has 0 aromatic heterocycles. The Bertz CT molecular complexity index is 1130. The van der Waals surface area contributed by atoms with Gasteiger partial charge in [-0.1, -0.05) is 42.5 Å². The molecule has 2 aromatic carbocycles. The van der Waals surface area contributed by atoms with Crippen molar-refractivity contribution in [3.63, 3.8) is 0 Å². The number of carbonyl (C=O) groups excluding carboxylic acids is 2. The lowest BCUT2D eigenvalue weighted by Gasteiger charge is -2.41. The monoisotopic (exact) mass is 480 g/mol. The summed E-state index contributed by atoms with van der Waals surface area (Å²) < 4.78 is 20.6. The van der Waals surface area contributed by atoms with Crippen LogP contribution in [0.2, 0.25) is 0 Å². The minimum atomic E-state index is -1.17. The SMILES string of the molecule is C=CCCC(=O)N(Cc1ccccc1F)C1C=C(C(=O)NCCO)C2c3ccccc3OC2C1O. The molecule has 0 saturated heterocycles. The summed E-state index contributed by atoms with van der Waals surface area (Å²) in [4.78, 5) is 27.8. The highest BCUT2D eigenvalue weighted by Crippen LogP contribution is 2.47. The van der Waals surface area contributed by atoms with Crippen LogP contribution in [0.1, 0.15) is 29.9 Å². The predicted molar refractivity (Wildman–Crippen MR) is 128 cm³/mol. The van der Waals surface area contributed by atoms with Gasteiger partial charge in [-0.15, -0.1) is 6.58 Å². The number of amides is 2. The first-order valence-corrected chi connectivity index (χ1v) is 11.6. The molecule has 2 aliphatic rings. The molecular formula is C27H29FN2O5. The summed E-state index contributed by atoms with van der Waals surface area (Å²) in [5, 5.41) is 23.3. The van der Waals surface area contributed by atoms with Crippen molar-refractivity contribution in [2.24, 2.45) is 0 Å². The van der Waals surface area contributed by atoms with Gasteiger partial charge in [-0.25, -0.2) is 4.39 Å². The third kappa shape index (κ3) is 4.99. The largest absolute Gasteiger partial charge is 0.486 e. The zero-order valence-corrected chi connectivity index (χ0v) is 19.3. The van der Waals surface area contributed by atoms with Crippen molar-refractivity contribution in [2.75, 3.05) is 13.2 Å². The highest BCUT2D eigenvalue weighted by atomic mass is 19.1. The zero-order valence-electron chi connectivity index (χ0n) is 19.3. The van der Waals surface area contributed by atoms with Gasteiger partial charge in [0.1, 0.15) is 23.8 Å². The van der Waals surface area contributed by atoms with Crippen molar-refractivity contribution >= 4 is 11.8 Å². The maximum atomic E-state index is 14.5. The van der Waals surface area contributed by atoms with Gasteiger partial charge in [-0.2, -0.15) is 0 Å². The molecule has 0 spiro atoms. The highest BCUT2D eigenvalue weighted by molar-refractivity contribution is 5.96. The fourth-order valence-electron chi connectivity index (χ4n) is 4.73. The van der Waals surface area contributed by atoms with Crippen LogP contribution in [-0.4, -0.2) is 58.3 Å². The van der Waals surface area contributed by atoms with Gasteiger partial charge in [0.25, 0.3) is 0 Å². The van der Waals surface area contributed by atoms with Crippen LogP contribution >= 0.6 is 0 Å². The van der Waals surface area contributed by atoms with Gasteiger partial charge in [0.15, 0.2) is 0 Å². The second-order valence-corrected chi connectivity index (χ2v) is 8.62. The molecule has 3 N–H and O–H groups in total. The van der Waals surface area contributed by atoms with E-state index >= 15 is 0 Å². The fourth-order valence-corrected chi connectivity index (χ4v) is 4.73. The van der Waals surface area contributed by atoms with Gasteiger partial charge in [0, 0.05) is 36.2 Å². The maximum Gasteiger partial charge on any atom is 0.247 e. The molecule has 7 nitrogen and oxygen atoms in total. The van der Waals surface area contributed by atoms with Crippen molar-refractivity contribution < 1.29 is 28.9 Å². The number of hydrogen-bond donors (Lipinski definition) is 3. The first-order valence-electron chi connectivity index (χ1n) is 11.6. The van der Waals surface area contributed by atoms with Crippen LogP contribution in [0.15, 0.2) is 72.8 Å². The Hall–Kier alpha value is -3.49. The van der Waals surface area contributed by atoms with E-state index in [9.17, 15) is 24.2 Å². The van der Waals surface area contributed by atoms with Gasteiger partial charge in [0.2, 0.25) is 11.8 Å². The Morgan fingerprint density at radius 2 is 1.91 bits per heavy atom. The van der Waals surface area contributed by atoms with Crippen LogP contribution in [0.3, 0.4) is 0 Å². The van der Waals surface area contributed by atoms with Crippen molar-refractivity contribution in [1.82, 2.24) is 10.2 Å². The lowest BCUT2D eigenvalue weighted by atomic mass is 9.77. The van der Waals surface area contributed by atoms with Crippen LogP contribution in [-0.2, 0) is 16.1 Å². The van der Waals surface area contributed by atoms with Crippen molar-refractivity contribution in [3.05, 3.63) is 89.8 Å². The molecule has 4 rings (SSSR count). The van der Waals surface area contributed by atoms with Gasteiger partial charge < -0.3 is 25.2 Å². The minimum Gasteiger partial charge on any atom is -0.486 e. The van der Waals surface area contributed by atoms with E-state index in [0.717, 1.165) is 5.56 Å². The number of hydrogen-bond acceptors (Lipinski definition) is 5. The van der Waals surface area contributed by atoms with Crippen LogP contribution in [0.5, 0.6) is 5.75 Å². The first kappa shape index (κ1) is 24.6. The van der Waals surface area contributed by atoms with Gasteiger partial charge >= 0.3 is 0 Å². The molecule has 0 saturated carbocycles. The number of nitrogens with zero attached hydrogens (tertiary/aromatic N) is 1. The van der Waals surface area contributed by atoms with E-state index in [-0.39, 0.29) is 32.0 Å². The third-order valence-electron chi connectivity index (χ3n) is 6.42. The average molecular weight is 481 g/mol. The third-order valence-corrected chi connectivity index (χ3v) is 6.42. The number of fused-ring (bicyclic) bond motifs is 3. The molecule has 4 unspecified atom stereocenters. The quantitative estimate of drug-likeness (QED) is 0.479. The summed E-state index contributed by atoms with van der Waals surface area (Å²) in [6.45, 7) is 3.40. The molecule has 1 aliphatic carbocycles. The van der Waals surface area contributed by atoms with Crippen molar-refractivity contribution in [1.29, 1.82) is 0 Å². The normalized spacial score (nSPS) is 22.3. The summed E-state index contributed by atoms with van der Waals surface area (Å²) in [7, 11) is 0. The minimum absolute atomic E-state index is 0.0560. The van der Waals surface area contributed by atoms with E-state index in [0.29, 0.717) is 23.3 Å². The topological polar surface area (TPSA) is 99.1 Å². The van der Waals surface area contributed by atoms with Crippen molar-refractivity contribution in [3.8, 4) is 5.75 Å². The van der Waals surface area contributed by atoms with E-state index in [1.807, 2.05) is 12.1 Å².